The number of furan rings is 1. The van der Waals surface area contributed by atoms with Crippen molar-refractivity contribution in [1.82, 2.24) is 4.68 Å². The standard InChI is InChI=1S/C20H17N3OS2/c1-14-5-3-6-17(15(14)2)22-20-23(21-11-16-8-10-25-12-16)18(13-26-20)19-7-4-9-24-19/h3-13H,1-2H3. The van der Waals surface area contributed by atoms with Crippen molar-refractivity contribution in [3.05, 3.63) is 80.3 Å². The Balaban J connectivity index is 1.87. The van der Waals surface area contributed by atoms with Crippen LogP contribution in [0.2, 0.25) is 0 Å². The first-order chi connectivity index (χ1) is 12.7. The summed E-state index contributed by atoms with van der Waals surface area (Å²) >= 11 is 3.20. The maximum atomic E-state index is 5.58. The number of thiazole rings is 1. The van der Waals surface area contributed by atoms with Crippen LogP contribution in [0.5, 0.6) is 0 Å². The predicted octanol–water partition coefficient (Wildman–Crippen LogP) is 5.60. The number of hydrogen-bond donors (Lipinski definition) is 0. The first kappa shape index (κ1) is 16.8. The van der Waals surface area contributed by atoms with E-state index in [1.807, 2.05) is 52.0 Å². The largest absolute Gasteiger partial charge is 0.463 e. The van der Waals surface area contributed by atoms with Gasteiger partial charge in [-0.3, -0.25) is 0 Å². The lowest BCUT2D eigenvalue weighted by Gasteiger charge is -2.04. The Bertz CT molecular complexity index is 1100. The third-order valence-corrected chi connectivity index (χ3v) is 5.63. The second-order valence-corrected chi connectivity index (χ2v) is 7.44. The molecule has 4 rings (SSSR count). The molecule has 0 N–H and O–H groups in total. The Kier molecular flexibility index (Phi) is 4.69. The van der Waals surface area contributed by atoms with Gasteiger partial charge in [-0.15, -0.1) is 11.3 Å². The first-order valence-corrected chi connectivity index (χ1v) is 9.96. The molecule has 6 heteroatoms. The molecule has 0 radical (unpaired) electrons. The Labute approximate surface area is 159 Å². The molecule has 3 aromatic heterocycles. The number of aromatic nitrogens is 1. The maximum absolute atomic E-state index is 5.58. The average molecular weight is 380 g/mol. The van der Waals surface area contributed by atoms with Crippen LogP contribution < -0.4 is 4.80 Å². The summed E-state index contributed by atoms with van der Waals surface area (Å²) in [5.74, 6) is 0.770. The molecule has 0 atom stereocenters. The second kappa shape index (κ2) is 7.27. The van der Waals surface area contributed by atoms with E-state index in [-0.39, 0.29) is 0 Å². The molecule has 0 saturated carbocycles. The molecular weight excluding hydrogens is 362 g/mol. The van der Waals surface area contributed by atoms with Crippen molar-refractivity contribution in [3.8, 4) is 11.5 Å². The fourth-order valence-electron chi connectivity index (χ4n) is 2.52. The lowest BCUT2D eigenvalue weighted by molar-refractivity contribution is 0.575. The fraction of sp³-hybridized carbons (Fsp3) is 0.100. The van der Waals surface area contributed by atoms with Gasteiger partial charge in [0, 0.05) is 10.9 Å². The molecule has 0 unspecified atom stereocenters. The Morgan fingerprint density at radius 3 is 2.77 bits per heavy atom. The lowest BCUT2D eigenvalue weighted by Crippen LogP contribution is -2.11. The molecule has 4 nitrogen and oxygen atoms in total. The van der Waals surface area contributed by atoms with Gasteiger partial charge in [0.05, 0.1) is 18.2 Å². The highest BCUT2D eigenvalue weighted by Gasteiger charge is 2.10. The van der Waals surface area contributed by atoms with Crippen LogP contribution in [0, 0.1) is 13.8 Å². The van der Waals surface area contributed by atoms with Crippen LogP contribution in [-0.4, -0.2) is 10.9 Å². The number of benzene rings is 1. The molecule has 0 amide bonds. The molecule has 1 aromatic carbocycles. The summed E-state index contributed by atoms with van der Waals surface area (Å²) in [5, 5.41) is 10.8. The van der Waals surface area contributed by atoms with E-state index in [9.17, 15) is 0 Å². The summed E-state index contributed by atoms with van der Waals surface area (Å²) in [4.78, 5) is 5.66. The molecular formula is C20H17N3OS2. The van der Waals surface area contributed by atoms with Crippen molar-refractivity contribution < 1.29 is 4.42 Å². The van der Waals surface area contributed by atoms with Crippen molar-refractivity contribution in [3.63, 3.8) is 0 Å². The lowest BCUT2D eigenvalue weighted by atomic mass is 10.1. The summed E-state index contributed by atoms with van der Waals surface area (Å²) in [6.45, 7) is 4.19. The molecule has 26 heavy (non-hydrogen) atoms. The van der Waals surface area contributed by atoms with Crippen LogP contribution in [0.3, 0.4) is 0 Å². The smallest absolute Gasteiger partial charge is 0.211 e. The second-order valence-electron chi connectivity index (χ2n) is 5.82. The molecule has 0 aliphatic heterocycles. The minimum atomic E-state index is 0.770. The van der Waals surface area contributed by atoms with Crippen molar-refractivity contribution >= 4 is 34.6 Å². The summed E-state index contributed by atoms with van der Waals surface area (Å²) in [7, 11) is 0. The summed E-state index contributed by atoms with van der Waals surface area (Å²) < 4.78 is 7.41. The van der Waals surface area contributed by atoms with Crippen molar-refractivity contribution in [2.24, 2.45) is 10.1 Å². The number of hydrogen-bond acceptors (Lipinski definition) is 5. The van der Waals surface area contributed by atoms with Gasteiger partial charge < -0.3 is 4.42 Å². The zero-order chi connectivity index (χ0) is 17.9. The van der Waals surface area contributed by atoms with Crippen LogP contribution >= 0.6 is 22.7 Å². The Morgan fingerprint density at radius 1 is 1.08 bits per heavy atom. The van der Waals surface area contributed by atoms with Gasteiger partial charge >= 0.3 is 0 Å². The van der Waals surface area contributed by atoms with Crippen LogP contribution in [-0.2, 0) is 0 Å². The Morgan fingerprint density at radius 2 is 2.00 bits per heavy atom. The minimum absolute atomic E-state index is 0.770. The fourth-order valence-corrected chi connectivity index (χ4v) is 3.96. The third kappa shape index (κ3) is 3.34. The summed E-state index contributed by atoms with van der Waals surface area (Å²) in [6.07, 6.45) is 3.51. The normalized spacial score (nSPS) is 12.3. The number of nitrogens with zero attached hydrogens (tertiary/aromatic N) is 3. The van der Waals surface area contributed by atoms with Gasteiger partial charge in [-0.05, 0) is 60.0 Å². The van der Waals surface area contributed by atoms with Gasteiger partial charge in [0.1, 0.15) is 5.69 Å². The van der Waals surface area contributed by atoms with E-state index in [1.54, 1.807) is 28.9 Å². The molecule has 4 aromatic rings. The number of aryl methyl sites for hydroxylation is 1. The highest BCUT2D eigenvalue weighted by atomic mass is 32.1. The van der Waals surface area contributed by atoms with Gasteiger partial charge in [-0.25, -0.2) is 9.67 Å². The van der Waals surface area contributed by atoms with Crippen LogP contribution in [0.25, 0.3) is 11.5 Å². The molecule has 0 bridgehead atoms. The first-order valence-electron chi connectivity index (χ1n) is 8.14. The quantitative estimate of drug-likeness (QED) is 0.425. The van der Waals surface area contributed by atoms with Crippen molar-refractivity contribution in [2.75, 3.05) is 0 Å². The molecule has 0 aliphatic rings. The zero-order valence-corrected chi connectivity index (χ0v) is 16.1. The van der Waals surface area contributed by atoms with Crippen molar-refractivity contribution in [1.29, 1.82) is 0 Å². The van der Waals surface area contributed by atoms with Crippen LogP contribution in [0.15, 0.2) is 73.3 Å². The number of thiophene rings is 1. The molecule has 0 aliphatic carbocycles. The molecule has 0 fully saturated rings. The molecule has 0 saturated heterocycles. The van der Waals surface area contributed by atoms with E-state index in [1.165, 1.54) is 11.1 Å². The minimum Gasteiger partial charge on any atom is -0.463 e. The summed E-state index contributed by atoms with van der Waals surface area (Å²) in [6, 6.07) is 12.0. The number of rotatable bonds is 4. The van der Waals surface area contributed by atoms with E-state index in [2.05, 4.69) is 30.4 Å². The summed E-state index contributed by atoms with van der Waals surface area (Å²) in [5.41, 5.74) is 5.31. The third-order valence-electron chi connectivity index (χ3n) is 4.12. The van der Waals surface area contributed by atoms with E-state index in [0.29, 0.717) is 0 Å². The molecule has 130 valence electrons. The van der Waals surface area contributed by atoms with Crippen LogP contribution in [0.4, 0.5) is 5.69 Å². The van der Waals surface area contributed by atoms with E-state index < -0.39 is 0 Å². The molecule has 3 heterocycles. The maximum Gasteiger partial charge on any atom is 0.211 e. The predicted molar refractivity (Wildman–Crippen MR) is 108 cm³/mol. The highest BCUT2D eigenvalue weighted by Crippen LogP contribution is 2.23. The van der Waals surface area contributed by atoms with Gasteiger partial charge in [-0.2, -0.15) is 16.4 Å². The van der Waals surface area contributed by atoms with Crippen LogP contribution in [0.1, 0.15) is 16.7 Å². The van der Waals surface area contributed by atoms with E-state index in [0.717, 1.165) is 27.5 Å². The monoisotopic (exact) mass is 379 g/mol. The highest BCUT2D eigenvalue weighted by molar-refractivity contribution is 7.08. The average Bonchev–Trinajstić information content (AvgIpc) is 3.38. The van der Waals surface area contributed by atoms with Crippen molar-refractivity contribution in [2.45, 2.75) is 13.8 Å². The van der Waals surface area contributed by atoms with Gasteiger partial charge in [0.15, 0.2) is 5.76 Å². The topological polar surface area (TPSA) is 42.8 Å². The van der Waals surface area contributed by atoms with Gasteiger partial charge in [0.2, 0.25) is 4.80 Å². The SMILES string of the molecule is Cc1cccc(N=c2scc(-c3ccco3)n2N=Cc2ccsc2)c1C. The van der Waals surface area contributed by atoms with E-state index in [4.69, 9.17) is 9.41 Å². The van der Waals surface area contributed by atoms with Gasteiger partial charge in [0.25, 0.3) is 0 Å². The zero-order valence-electron chi connectivity index (χ0n) is 14.4. The van der Waals surface area contributed by atoms with E-state index >= 15 is 0 Å². The van der Waals surface area contributed by atoms with Gasteiger partial charge in [-0.1, -0.05) is 12.1 Å². The Hall–Kier alpha value is -2.70. The molecule has 0 spiro atoms.